The van der Waals surface area contributed by atoms with E-state index in [9.17, 15) is 0 Å². The van der Waals surface area contributed by atoms with Crippen molar-refractivity contribution in [3.8, 4) is 0 Å². The lowest BCUT2D eigenvalue weighted by Crippen LogP contribution is -2.54. The van der Waals surface area contributed by atoms with Crippen molar-refractivity contribution in [2.45, 2.75) is 76.8 Å². The average molecular weight is 264 g/mol. The molecule has 2 unspecified atom stereocenters. The smallest absolute Gasteiger partial charge is 0.0198 e. The molecule has 1 saturated heterocycles. The number of rotatable bonds is 7. The maximum Gasteiger partial charge on any atom is 0.0198 e. The Morgan fingerprint density at radius 1 is 1.05 bits per heavy atom. The number of likely N-dealkylation sites (tertiary alicyclic amines) is 1. The van der Waals surface area contributed by atoms with E-state index in [1.54, 1.807) is 0 Å². The fourth-order valence-electron chi connectivity index (χ4n) is 3.80. The first-order valence-electron chi connectivity index (χ1n) is 8.82. The quantitative estimate of drug-likeness (QED) is 0.758. The molecule has 0 spiro atoms. The van der Waals surface area contributed by atoms with Crippen LogP contribution >= 0.6 is 0 Å². The molecule has 1 aliphatic heterocycles. The van der Waals surface area contributed by atoms with Gasteiger partial charge in [0.2, 0.25) is 0 Å². The summed E-state index contributed by atoms with van der Waals surface area (Å²) in [5.74, 6) is 1.99. The van der Waals surface area contributed by atoms with Crippen LogP contribution in [0.3, 0.4) is 0 Å². The Hall–Kier alpha value is -0.0800. The second-order valence-electron chi connectivity index (χ2n) is 7.33. The largest absolute Gasteiger partial charge is 0.312 e. The van der Waals surface area contributed by atoms with Gasteiger partial charge in [0, 0.05) is 25.2 Å². The molecule has 1 N–H and O–H groups in total. The van der Waals surface area contributed by atoms with E-state index in [4.69, 9.17) is 0 Å². The maximum atomic E-state index is 3.88. The summed E-state index contributed by atoms with van der Waals surface area (Å²) < 4.78 is 0. The van der Waals surface area contributed by atoms with Gasteiger partial charge in [0.25, 0.3) is 0 Å². The number of hydrogen-bond donors (Lipinski definition) is 1. The average Bonchev–Trinajstić information content (AvgIpc) is 3.16. The van der Waals surface area contributed by atoms with Crippen LogP contribution in [-0.2, 0) is 0 Å². The molecule has 3 fully saturated rings. The van der Waals surface area contributed by atoms with Gasteiger partial charge in [-0.3, -0.25) is 4.90 Å². The van der Waals surface area contributed by atoms with E-state index in [2.05, 4.69) is 17.1 Å². The molecule has 19 heavy (non-hydrogen) atoms. The van der Waals surface area contributed by atoms with Crippen molar-refractivity contribution < 1.29 is 0 Å². The van der Waals surface area contributed by atoms with Crippen molar-refractivity contribution in [3.05, 3.63) is 0 Å². The van der Waals surface area contributed by atoms with Gasteiger partial charge in [0.15, 0.2) is 0 Å². The monoisotopic (exact) mass is 264 g/mol. The summed E-state index contributed by atoms with van der Waals surface area (Å²) >= 11 is 0. The first-order valence-corrected chi connectivity index (χ1v) is 8.82. The Balaban J connectivity index is 1.49. The lowest BCUT2D eigenvalue weighted by molar-refractivity contribution is 0.0554. The maximum absolute atomic E-state index is 3.88. The molecule has 0 aromatic heterocycles. The molecular formula is C17H32N2. The molecule has 3 aliphatic rings. The van der Waals surface area contributed by atoms with Gasteiger partial charge in [-0.25, -0.2) is 0 Å². The van der Waals surface area contributed by atoms with Gasteiger partial charge in [-0.1, -0.05) is 26.2 Å². The number of nitrogens with zero attached hydrogens (tertiary/aromatic N) is 1. The van der Waals surface area contributed by atoms with Gasteiger partial charge in [-0.15, -0.1) is 0 Å². The van der Waals surface area contributed by atoms with Crippen LogP contribution in [0.25, 0.3) is 0 Å². The summed E-state index contributed by atoms with van der Waals surface area (Å²) in [7, 11) is 0. The molecule has 1 heterocycles. The van der Waals surface area contributed by atoms with Gasteiger partial charge in [0.05, 0.1) is 0 Å². The first-order chi connectivity index (χ1) is 9.35. The second kappa shape index (κ2) is 6.58. The van der Waals surface area contributed by atoms with Crippen LogP contribution in [0.1, 0.15) is 64.7 Å². The number of unbranched alkanes of at least 4 members (excludes halogenated alkanes) is 1. The minimum Gasteiger partial charge on any atom is -0.312 e. The van der Waals surface area contributed by atoms with Crippen LogP contribution in [0.2, 0.25) is 0 Å². The van der Waals surface area contributed by atoms with Crippen LogP contribution in [0.5, 0.6) is 0 Å². The highest BCUT2D eigenvalue weighted by molar-refractivity contribution is 4.90. The molecule has 110 valence electrons. The van der Waals surface area contributed by atoms with Crippen molar-refractivity contribution in [2.75, 3.05) is 19.6 Å². The molecule has 2 heteroatoms. The molecule has 2 nitrogen and oxygen atoms in total. The number of piperidine rings is 1. The van der Waals surface area contributed by atoms with Crippen LogP contribution in [-0.4, -0.2) is 36.6 Å². The highest BCUT2D eigenvalue weighted by Crippen LogP contribution is 2.32. The Labute approximate surface area is 119 Å². The minimum atomic E-state index is 0.789. The number of hydrogen-bond acceptors (Lipinski definition) is 2. The highest BCUT2D eigenvalue weighted by Gasteiger charge is 2.34. The molecule has 3 rings (SSSR count). The van der Waals surface area contributed by atoms with Gasteiger partial charge >= 0.3 is 0 Å². The normalized spacial score (nSPS) is 33.3. The van der Waals surface area contributed by atoms with Crippen LogP contribution in [0, 0.1) is 11.8 Å². The standard InChI is InChI=1S/C17H32N2/c1-2-3-5-15-10-16(18-11-14-8-9-14)13-19(12-15)17-6-4-7-17/h14-18H,2-13H2,1H3. The fourth-order valence-corrected chi connectivity index (χ4v) is 3.80. The predicted octanol–water partition coefficient (Wildman–Crippen LogP) is 3.42. The predicted molar refractivity (Wildman–Crippen MR) is 81.4 cm³/mol. The Morgan fingerprint density at radius 3 is 2.53 bits per heavy atom. The fraction of sp³-hybridized carbons (Fsp3) is 1.00. The summed E-state index contributed by atoms with van der Waals surface area (Å²) in [5, 5.41) is 3.88. The van der Waals surface area contributed by atoms with Crippen molar-refractivity contribution in [1.82, 2.24) is 10.2 Å². The molecule has 2 saturated carbocycles. The van der Waals surface area contributed by atoms with Crippen LogP contribution < -0.4 is 5.32 Å². The molecule has 0 aromatic rings. The molecule has 0 aromatic carbocycles. The molecule has 0 amide bonds. The minimum absolute atomic E-state index is 0.789. The van der Waals surface area contributed by atoms with Gasteiger partial charge < -0.3 is 5.32 Å². The topological polar surface area (TPSA) is 15.3 Å². The van der Waals surface area contributed by atoms with Crippen LogP contribution in [0.4, 0.5) is 0 Å². The summed E-state index contributed by atoms with van der Waals surface area (Å²) in [4.78, 5) is 2.83. The second-order valence-corrected chi connectivity index (χ2v) is 7.33. The highest BCUT2D eigenvalue weighted by atomic mass is 15.2. The number of nitrogens with one attached hydrogen (secondary N) is 1. The van der Waals surface area contributed by atoms with E-state index < -0.39 is 0 Å². The zero-order valence-corrected chi connectivity index (χ0v) is 12.7. The Morgan fingerprint density at radius 2 is 1.89 bits per heavy atom. The third-order valence-electron chi connectivity index (χ3n) is 5.51. The van der Waals surface area contributed by atoms with Crippen LogP contribution in [0.15, 0.2) is 0 Å². The van der Waals surface area contributed by atoms with Crippen molar-refractivity contribution in [3.63, 3.8) is 0 Å². The SMILES string of the molecule is CCCCC1CC(NCC2CC2)CN(C2CCC2)C1. The van der Waals surface area contributed by atoms with E-state index in [1.165, 1.54) is 77.4 Å². The summed E-state index contributed by atoms with van der Waals surface area (Å²) in [6.07, 6.45) is 13.1. The van der Waals surface area contributed by atoms with Crippen molar-refractivity contribution >= 4 is 0 Å². The first kappa shape index (κ1) is 13.9. The summed E-state index contributed by atoms with van der Waals surface area (Å²) in [5.41, 5.74) is 0. The Kier molecular flexibility index (Phi) is 4.81. The third kappa shape index (κ3) is 3.95. The van der Waals surface area contributed by atoms with E-state index >= 15 is 0 Å². The lowest BCUT2D eigenvalue weighted by atomic mass is 9.84. The molecule has 2 aliphatic carbocycles. The van der Waals surface area contributed by atoms with E-state index in [-0.39, 0.29) is 0 Å². The molecule has 2 atom stereocenters. The van der Waals surface area contributed by atoms with E-state index in [1.807, 2.05) is 0 Å². The third-order valence-corrected chi connectivity index (χ3v) is 5.51. The van der Waals surface area contributed by atoms with Crippen molar-refractivity contribution in [1.29, 1.82) is 0 Å². The van der Waals surface area contributed by atoms with Gasteiger partial charge in [0.1, 0.15) is 0 Å². The molecular weight excluding hydrogens is 232 g/mol. The molecule has 0 bridgehead atoms. The lowest BCUT2D eigenvalue weighted by Gasteiger charge is -2.45. The van der Waals surface area contributed by atoms with E-state index in [0.717, 1.165) is 23.9 Å². The van der Waals surface area contributed by atoms with Gasteiger partial charge in [-0.2, -0.15) is 0 Å². The van der Waals surface area contributed by atoms with Crippen molar-refractivity contribution in [2.24, 2.45) is 11.8 Å². The van der Waals surface area contributed by atoms with Gasteiger partial charge in [-0.05, 0) is 56.9 Å². The zero-order chi connectivity index (χ0) is 13.1. The summed E-state index contributed by atoms with van der Waals surface area (Å²) in [6.45, 7) is 6.35. The van der Waals surface area contributed by atoms with E-state index in [0.29, 0.717) is 0 Å². The molecule has 0 radical (unpaired) electrons. The zero-order valence-electron chi connectivity index (χ0n) is 12.7. The Bertz CT molecular complexity index is 270. The summed E-state index contributed by atoms with van der Waals surface area (Å²) in [6, 6.07) is 1.73.